The summed E-state index contributed by atoms with van der Waals surface area (Å²) in [6.45, 7) is 7.37. The van der Waals surface area contributed by atoms with Crippen molar-refractivity contribution in [2.75, 3.05) is 25.6 Å². The molecule has 2 fully saturated rings. The average Bonchev–Trinajstić information content (AvgIpc) is 3.62. The first-order valence-electron chi connectivity index (χ1n) is 15.9. The van der Waals surface area contributed by atoms with E-state index in [2.05, 4.69) is 15.2 Å². The lowest BCUT2D eigenvalue weighted by Crippen LogP contribution is -2.50. The van der Waals surface area contributed by atoms with E-state index in [4.69, 9.17) is 38.5 Å². The zero-order valence-corrected chi connectivity index (χ0v) is 29.0. The van der Waals surface area contributed by atoms with Gasteiger partial charge >= 0.3 is 25.7 Å². The number of nitrogens with two attached hydrogens (primary N) is 1. The molecule has 3 aromatic rings. The number of ether oxygens (including phenoxy) is 5. The molecule has 5 rings (SSSR count). The molecule has 0 unspecified atom stereocenters. The molecule has 2 aromatic heterocycles. The summed E-state index contributed by atoms with van der Waals surface area (Å²) in [5.74, 6) is -3.22. The van der Waals surface area contributed by atoms with Crippen LogP contribution in [0.5, 0.6) is 5.75 Å². The van der Waals surface area contributed by atoms with Crippen LogP contribution in [0.3, 0.4) is 0 Å². The van der Waals surface area contributed by atoms with Crippen LogP contribution >= 0.6 is 7.75 Å². The second kappa shape index (κ2) is 15.1. The Hall–Kier alpha value is -4.59. The van der Waals surface area contributed by atoms with Crippen LogP contribution in [-0.2, 0) is 47.2 Å². The highest BCUT2D eigenvalue weighted by atomic mass is 31.2. The average molecular weight is 715 g/mol. The van der Waals surface area contributed by atoms with E-state index in [0.717, 1.165) is 0 Å². The number of fused-ring (bicyclic) bond motifs is 1. The Morgan fingerprint density at radius 3 is 2.34 bits per heavy atom. The number of para-hydroxylation sites is 1. The van der Waals surface area contributed by atoms with E-state index in [1.165, 1.54) is 29.9 Å². The van der Waals surface area contributed by atoms with E-state index in [1.807, 2.05) is 6.07 Å². The van der Waals surface area contributed by atoms with Gasteiger partial charge in [-0.3, -0.25) is 18.9 Å². The van der Waals surface area contributed by atoms with Crippen molar-refractivity contribution in [3.8, 4) is 11.8 Å². The largest absolute Gasteiger partial charge is 0.459 e. The first kappa shape index (κ1) is 36.7. The minimum absolute atomic E-state index is 0.107. The number of hydrogen-bond donors (Lipinski definition) is 2. The summed E-state index contributed by atoms with van der Waals surface area (Å²) < 4.78 is 56.0. The van der Waals surface area contributed by atoms with E-state index >= 15 is 0 Å². The lowest BCUT2D eigenvalue weighted by Gasteiger charge is -2.31. The van der Waals surface area contributed by atoms with Gasteiger partial charge in [0.05, 0.1) is 30.7 Å². The molecule has 0 amide bonds. The number of nitrogens with one attached hydrogen (secondary N) is 1. The maximum absolute atomic E-state index is 14.4. The van der Waals surface area contributed by atoms with Crippen LogP contribution in [0.25, 0.3) is 5.52 Å². The Bertz CT molecular complexity index is 1790. The fourth-order valence-electron chi connectivity index (χ4n) is 4.99. The highest BCUT2D eigenvalue weighted by Gasteiger charge is 2.62. The lowest BCUT2D eigenvalue weighted by molar-refractivity contribution is -0.174. The van der Waals surface area contributed by atoms with Gasteiger partial charge in [-0.1, -0.05) is 45.9 Å². The molecule has 0 radical (unpaired) electrons. The van der Waals surface area contributed by atoms with Gasteiger partial charge in [0.2, 0.25) is 5.60 Å². The fourth-order valence-corrected chi connectivity index (χ4v) is 6.51. The molecule has 6 atom stereocenters. The van der Waals surface area contributed by atoms with Gasteiger partial charge in [-0.2, -0.15) is 15.4 Å². The zero-order valence-electron chi connectivity index (χ0n) is 28.1. The lowest BCUT2D eigenvalue weighted by atomic mass is 9.95. The van der Waals surface area contributed by atoms with Crippen molar-refractivity contribution in [3.63, 3.8) is 0 Å². The van der Waals surface area contributed by atoms with E-state index in [-0.39, 0.29) is 30.5 Å². The van der Waals surface area contributed by atoms with Crippen LogP contribution in [0, 0.1) is 23.2 Å². The number of benzene rings is 1. The molecule has 18 heteroatoms. The Labute approximate surface area is 287 Å². The van der Waals surface area contributed by atoms with Crippen molar-refractivity contribution in [2.24, 2.45) is 11.8 Å². The van der Waals surface area contributed by atoms with Crippen LogP contribution < -0.4 is 15.3 Å². The van der Waals surface area contributed by atoms with Gasteiger partial charge in [-0.05, 0) is 31.2 Å². The topological polar surface area (TPSA) is 225 Å². The molecule has 0 spiro atoms. The number of hydrogen-bond acceptors (Lipinski definition) is 15. The number of rotatable bonds is 14. The number of carbonyl (C=O) groups is 3. The van der Waals surface area contributed by atoms with Gasteiger partial charge in [0.15, 0.2) is 18.0 Å². The summed E-state index contributed by atoms with van der Waals surface area (Å²) in [6.07, 6.45) is -3.58. The molecule has 2 aliphatic heterocycles. The smallest absolute Gasteiger partial charge is 0.456 e. The second-order valence-corrected chi connectivity index (χ2v) is 14.1. The van der Waals surface area contributed by atoms with E-state index in [1.54, 1.807) is 58.0 Å². The van der Waals surface area contributed by atoms with Crippen LogP contribution in [0.15, 0.2) is 48.8 Å². The highest BCUT2D eigenvalue weighted by Crippen LogP contribution is 2.50. The van der Waals surface area contributed by atoms with Gasteiger partial charge < -0.3 is 33.9 Å². The SMILES string of the molecule is CC(C)C(=O)O[C@H]1[C@H](c2ccc3c(N)ncnn23)O[C@](C#N)(CO[P@@](=O)(N[C@@H](C)C(=O)OC2COC2)Oc2ccccc2)[C@H]1OC(=O)C(C)C. The maximum Gasteiger partial charge on any atom is 0.459 e. The molecule has 50 heavy (non-hydrogen) atoms. The molecule has 0 saturated carbocycles. The molecule has 2 aliphatic rings. The van der Waals surface area contributed by atoms with E-state index in [9.17, 15) is 24.2 Å². The quantitative estimate of drug-likeness (QED) is 0.139. The molecule has 268 valence electrons. The Morgan fingerprint density at radius 1 is 1.04 bits per heavy atom. The van der Waals surface area contributed by atoms with Crippen LogP contribution in [0.2, 0.25) is 0 Å². The third-order valence-electron chi connectivity index (χ3n) is 7.84. The number of carbonyl (C=O) groups excluding carboxylic acids is 3. The van der Waals surface area contributed by atoms with Gasteiger partial charge in [-0.15, -0.1) is 0 Å². The third-order valence-corrected chi connectivity index (χ3v) is 9.46. The van der Waals surface area contributed by atoms with Crippen molar-refractivity contribution < 1.29 is 51.7 Å². The number of nitriles is 1. The summed E-state index contributed by atoms with van der Waals surface area (Å²) in [5.41, 5.74) is 4.46. The molecule has 3 N–H and O–H groups in total. The second-order valence-electron chi connectivity index (χ2n) is 12.4. The summed E-state index contributed by atoms with van der Waals surface area (Å²) in [7, 11) is -4.57. The standard InChI is InChI=1S/C32H39N6O11P/c1-18(2)29(39)46-26-25(23-11-12-24-28(34)35-17-36-38(23)24)48-32(15-33,27(26)47-30(40)19(3)4)16-44-50(42,49-21-9-7-6-8-10-21)37-20(5)31(41)45-22-13-43-14-22/h6-12,17-20,22,25-27H,13-14,16H2,1-5H3,(H,37,42)(H2,34,35,36)/t20-,25-,26-,27-,32+,50-/m0/s1. The number of nitrogen functional groups attached to an aromatic ring is 1. The molecule has 1 aromatic carbocycles. The minimum atomic E-state index is -4.57. The Balaban J connectivity index is 1.54. The predicted octanol–water partition coefficient (Wildman–Crippen LogP) is 2.90. The Kier molecular flexibility index (Phi) is 11.1. The van der Waals surface area contributed by atoms with Crippen molar-refractivity contribution in [1.29, 1.82) is 5.26 Å². The third kappa shape index (κ3) is 7.90. The van der Waals surface area contributed by atoms with Crippen LogP contribution in [0.4, 0.5) is 5.82 Å². The number of anilines is 1. The molecule has 4 heterocycles. The molecule has 0 bridgehead atoms. The molecule has 17 nitrogen and oxygen atoms in total. The first-order valence-corrected chi connectivity index (χ1v) is 17.4. The first-order chi connectivity index (χ1) is 23.8. The fraction of sp³-hybridized carbons (Fsp3) is 0.500. The monoisotopic (exact) mass is 714 g/mol. The maximum atomic E-state index is 14.4. The minimum Gasteiger partial charge on any atom is -0.456 e. The normalized spacial score (nSPS) is 23.8. The van der Waals surface area contributed by atoms with E-state index < -0.39 is 80.2 Å². The summed E-state index contributed by atoms with van der Waals surface area (Å²) in [5, 5.41) is 17.6. The zero-order chi connectivity index (χ0) is 36.2. The van der Waals surface area contributed by atoms with Crippen LogP contribution in [-0.4, -0.2) is 82.3 Å². The summed E-state index contributed by atoms with van der Waals surface area (Å²) in [6, 6.07) is 12.0. The molecule has 0 aliphatic carbocycles. The van der Waals surface area contributed by atoms with Crippen molar-refractivity contribution in [1.82, 2.24) is 19.7 Å². The van der Waals surface area contributed by atoms with Gasteiger partial charge in [-0.25, -0.2) is 14.1 Å². The predicted molar refractivity (Wildman–Crippen MR) is 173 cm³/mol. The molecular weight excluding hydrogens is 675 g/mol. The molecule has 2 saturated heterocycles. The van der Waals surface area contributed by atoms with Crippen molar-refractivity contribution in [3.05, 3.63) is 54.5 Å². The van der Waals surface area contributed by atoms with Gasteiger partial charge in [0.25, 0.3) is 0 Å². The Morgan fingerprint density at radius 2 is 1.72 bits per heavy atom. The van der Waals surface area contributed by atoms with Crippen molar-refractivity contribution in [2.45, 2.75) is 70.7 Å². The molecular formula is C32H39N6O11P. The van der Waals surface area contributed by atoms with Crippen LogP contribution in [0.1, 0.15) is 46.4 Å². The number of esters is 3. The van der Waals surface area contributed by atoms with Crippen molar-refractivity contribution >= 4 is 37.0 Å². The number of nitrogens with zero attached hydrogens (tertiary/aromatic N) is 4. The summed E-state index contributed by atoms with van der Waals surface area (Å²) >= 11 is 0. The van der Waals surface area contributed by atoms with E-state index in [0.29, 0.717) is 5.52 Å². The number of aromatic nitrogens is 3. The highest BCUT2D eigenvalue weighted by molar-refractivity contribution is 7.52. The van der Waals surface area contributed by atoms with Gasteiger partial charge in [0.1, 0.15) is 48.5 Å². The van der Waals surface area contributed by atoms with Gasteiger partial charge in [0, 0.05) is 0 Å². The summed E-state index contributed by atoms with van der Waals surface area (Å²) in [4.78, 5) is 43.0.